The molecule has 0 radical (unpaired) electrons. The summed E-state index contributed by atoms with van der Waals surface area (Å²) in [7, 11) is -5.34. The Hall–Kier alpha value is -0.380. The fourth-order valence-electron chi connectivity index (χ4n) is 0.654. The van der Waals surface area contributed by atoms with Gasteiger partial charge >= 0.3 is 18.0 Å². The summed E-state index contributed by atoms with van der Waals surface area (Å²) in [6, 6.07) is 0. The molecular weight excluding hydrogens is 300 g/mol. The zero-order chi connectivity index (χ0) is 14.8. The van der Waals surface area contributed by atoms with E-state index in [2.05, 4.69) is 9.05 Å². The SMILES string of the molecule is CCOP(=O)([O-])OCC(F)(F)C(F)(F)C(F)(F)F. The van der Waals surface area contributed by atoms with Crippen molar-refractivity contribution in [3.05, 3.63) is 0 Å². The standard InChI is InChI=1S/C6H8F7O4P/c1-2-16-18(14,15)17-3-4(7,8)5(9,10)6(11,12)13/h2-3H2,1H3,(H,14,15)/p-1. The van der Waals surface area contributed by atoms with E-state index < -0.39 is 39.1 Å². The predicted molar refractivity (Wildman–Crippen MR) is 41.1 cm³/mol. The molecule has 0 saturated heterocycles. The molecule has 0 aliphatic heterocycles. The second-order valence-electron chi connectivity index (χ2n) is 2.92. The zero-order valence-electron chi connectivity index (χ0n) is 8.64. The lowest BCUT2D eigenvalue weighted by Gasteiger charge is -2.30. The van der Waals surface area contributed by atoms with Gasteiger partial charge in [-0.15, -0.1) is 0 Å². The number of hydrogen-bond donors (Lipinski definition) is 0. The first-order valence-corrected chi connectivity index (χ1v) is 5.65. The van der Waals surface area contributed by atoms with E-state index in [1.165, 1.54) is 0 Å². The van der Waals surface area contributed by atoms with Gasteiger partial charge in [0.1, 0.15) is 6.61 Å². The molecule has 0 aromatic rings. The molecule has 0 aromatic heterocycles. The largest absolute Gasteiger partial charge is 0.756 e. The van der Waals surface area contributed by atoms with Crippen LogP contribution in [0.1, 0.15) is 6.92 Å². The maximum absolute atomic E-state index is 12.6. The minimum atomic E-state index is -6.54. The van der Waals surface area contributed by atoms with Crippen LogP contribution in [-0.2, 0) is 13.6 Å². The molecule has 12 heteroatoms. The van der Waals surface area contributed by atoms with E-state index in [0.29, 0.717) is 0 Å². The van der Waals surface area contributed by atoms with Gasteiger partial charge in [-0.25, -0.2) is 0 Å². The number of phosphoric acid groups is 1. The lowest BCUT2D eigenvalue weighted by Crippen LogP contribution is -2.54. The third-order valence-electron chi connectivity index (χ3n) is 1.51. The van der Waals surface area contributed by atoms with Crippen molar-refractivity contribution in [2.24, 2.45) is 0 Å². The van der Waals surface area contributed by atoms with Crippen LogP contribution in [0.5, 0.6) is 0 Å². The van der Waals surface area contributed by atoms with Crippen LogP contribution >= 0.6 is 7.82 Å². The molecule has 4 nitrogen and oxygen atoms in total. The highest BCUT2D eigenvalue weighted by Gasteiger charge is 2.73. The summed E-state index contributed by atoms with van der Waals surface area (Å²) < 4.78 is 102. The van der Waals surface area contributed by atoms with Crippen molar-refractivity contribution < 1.29 is 49.2 Å². The van der Waals surface area contributed by atoms with Crippen molar-refractivity contribution in [1.82, 2.24) is 0 Å². The van der Waals surface area contributed by atoms with Crippen molar-refractivity contribution in [2.45, 2.75) is 24.9 Å². The second kappa shape index (κ2) is 5.32. The van der Waals surface area contributed by atoms with E-state index in [1.54, 1.807) is 0 Å². The van der Waals surface area contributed by atoms with Crippen molar-refractivity contribution in [3.63, 3.8) is 0 Å². The van der Waals surface area contributed by atoms with Gasteiger partial charge in [-0.05, 0) is 6.92 Å². The Bertz CT molecular complexity index is 328. The van der Waals surface area contributed by atoms with Gasteiger partial charge in [-0.2, -0.15) is 30.7 Å². The summed E-state index contributed by atoms with van der Waals surface area (Å²) in [4.78, 5) is 10.6. The molecular formula is C6H7F7O4P-. The average Bonchev–Trinajstić information content (AvgIpc) is 2.13. The van der Waals surface area contributed by atoms with Gasteiger partial charge in [0.25, 0.3) is 7.82 Å². The third kappa shape index (κ3) is 4.08. The van der Waals surface area contributed by atoms with E-state index in [1.807, 2.05) is 0 Å². The summed E-state index contributed by atoms with van der Waals surface area (Å²) in [5.74, 6) is -12.2. The highest BCUT2D eigenvalue weighted by molar-refractivity contribution is 7.45. The summed E-state index contributed by atoms with van der Waals surface area (Å²) in [6.45, 7) is -2.13. The lowest BCUT2D eigenvalue weighted by atomic mass is 10.2. The molecule has 0 aliphatic rings. The summed E-state index contributed by atoms with van der Waals surface area (Å²) in [6.07, 6.45) is -6.54. The van der Waals surface area contributed by atoms with Gasteiger partial charge in [0.15, 0.2) is 0 Å². The first-order valence-electron chi connectivity index (χ1n) is 4.19. The zero-order valence-corrected chi connectivity index (χ0v) is 9.53. The van der Waals surface area contributed by atoms with E-state index in [9.17, 15) is 40.2 Å². The highest BCUT2D eigenvalue weighted by Crippen LogP contribution is 2.49. The van der Waals surface area contributed by atoms with Crippen LogP contribution in [0.4, 0.5) is 30.7 Å². The molecule has 0 aromatic carbocycles. The maximum atomic E-state index is 12.6. The number of phosphoric ester groups is 1. The fourth-order valence-corrected chi connectivity index (χ4v) is 1.36. The number of halogens is 7. The fraction of sp³-hybridized carbons (Fsp3) is 1.00. The molecule has 0 amide bonds. The van der Waals surface area contributed by atoms with Gasteiger partial charge in [-0.3, -0.25) is 4.57 Å². The first-order chi connectivity index (χ1) is 7.77. The van der Waals surface area contributed by atoms with Crippen LogP contribution in [0.25, 0.3) is 0 Å². The van der Waals surface area contributed by atoms with Crippen LogP contribution in [0.3, 0.4) is 0 Å². The molecule has 0 N–H and O–H groups in total. The molecule has 0 fully saturated rings. The van der Waals surface area contributed by atoms with Gasteiger partial charge in [0.2, 0.25) is 0 Å². The van der Waals surface area contributed by atoms with Crippen LogP contribution in [0, 0.1) is 0 Å². The topological polar surface area (TPSA) is 58.6 Å². The van der Waals surface area contributed by atoms with Crippen LogP contribution in [0.15, 0.2) is 0 Å². The van der Waals surface area contributed by atoms with Gasteiger partial charge in [0, 0.05) is 0 Å². The van der Waals surface area contributed by atoms with E-state index in [4.69, 9.17) is 0 Å². The minimum Gasteiger partial charge on any atom is -0.756 e. The summed E-state index contributed by atoms with van der Waals surface area (Å²) >= 11 is 0. The van der Waals surface area contributed by atoms with E-state index >= 15 is 0 Å². The van der Waals surface area contributed by atoms with Crippen molar-refractivity contribution in [1.29, 1.82) is 0 Å². The Morgan fingerprint density at radius 2 is 1.50 bits per heavy atom. The van der Waals surface area contributed by atoms with Crippen LogP contribution in [0.2, 0.25) is 0 Å². The smallest absolute Gasteiger partial charge is 0.459 e. The maximum Gasteiger partial charge on any atom is 0.459 e. The van der Waals surface area contributed by atoms with E-state index in [0.717, 1.165) is 6.92 Å². The Balaban J connectivity index is 4.83. The van der Waals surface area contributed by atoms with Crippen LogP contribution in [-0.4, -0.2) is 31.2 Å². The molecule has 0 bridgehead atoms. The quantitative estimate of drug-likeness (QED) is 0.558. The number of alkyl halides is 7. The number of rotatable bonds is 6. The molecule has 1 atom stereocenters. The highest BCUT2D eigenvalue weighted by atomic mass is 31.2. The van der Waals surface area contributed by atoms with Crippen molar-refractivity contribution in [3.8, 4) is 0 Å². The van der Waals surface area contributed by atoms with Gasteiger partial charge in [-0.1, -0.05) is 0 Å². The first kappa shape index (κ1) is 17.6. The molecule has 0 spiro atoms. The monoisotopic (exact) mass is 307 g/mol. The van der Waals surface area contributed by atoms with E-state index in [-0.39, 0.29) is 0 Å². The lowest BCUT2D eigenvalue weighted by molar-refractivity contribution is -0.360. The molecule has 18 heavy (non-hydrogen) atoms. The van der Waals surface area contributed by atoms with Crippen LogP contribution < -0.4 is 4.89 Å². The third-order valence-corrected chi connectivity index (χ3v) is 2.53. The minimum absolute atomic E-state index is 0.554. The molecule has 110 valence electrons. The summed E-state index contributed by atoms with van der Waals surface area (Å²) in [5.41, 5.74) is 0. The Morgan fingerprint density at radius 3 is 1.83 bits per heavy atom. The van der Waals surface area contributed by atoms with Gasteiger partial charge < -0.3 is 13.9 Å². The van der Waals surface area contributed by atoms with Crippen molar-refractivity contribution >= 4 is 7.82 Å². The Morgan fingerprint density at radius 1 is 1.06 bits per heavy atom. The molecule has 0 saturated carbocycles. The number of hydrogen-bond acceptors (Lipinski definition) is 4. The summed E-state index contributed by atoms with van der Waals surface area (Å²) in [5, 5.41) is 0. The van der Waals surface area contributed by atoms with Gasteiger partial charge in [0.05, 0.1) is 6.61 Å². The molecule has 0 aliphatic carbocycles. The second-order valence-corrected chi connectivity index (χ2v) is 4.33. The molecule has 0 heterocycles. The molecule has 1 unspecified atom stereocenters. The Kier molecular flexibility index (Phi) is 5.20. The average molecular weight is 307 g/mol. The molecule has 0 rings (SSSR count). The Labute approximate surface area is 96.3 Å². The predicted octanol–water partition coefficient (Wildman–Crippen LogP) is 2.34. The normalized spacial score (nSPS) is 17.6. The van der Waals surface area contributed by atoms with Crippen molar-refractivity contribution in [2.75, 3.05) is 13.2 Å².